The summed E-state index contributed by atoms with van der Waals surface area (Å²) in [7, 11) is -3.70. The van der Waals surface area contributed by atoms with E-state index in [1.165, 1.54) is 6.07 Å². The molecule has 0 saturated carbocycles. The van der Waals surface area contributed by atoms with Gasteiger partial charge < -0.3 is 5.11 Å². The first-order chi connectivity index (χ1) is 9.92. The van der Waals surface area contributed by atoms with Gasteiger partial charge in [0.2, 0.25) is 10.0 Å². The summed E-state index contributed by atoms with van der Waals surface area (Å²) >= 11 is 3.22. The van der Waals surface area contributed by atoms with Crippen LogP contribution in [0.15, 0.2) is 64.0 Å². The van der Waals surface area contributed by atoms with Gasteiger partial charge in [0, 0.05) is 10.5 Å². The van der Waals surface area contributed by atoms with Crippen molar-refractivity contribution in [1.29, 1.82) is 0 Å². The van der Waals surface area contributed by atoms with E-state index in [1.807, 2.05) is 6.07 Å². The Balaban J connectivity index is 2.19. The third-order valence-corrected chi connectivity index (χ3v) is 5.65. The summed E-state index contributed by atoms with van der Waals surface area (Å²) in [5.74, 6) is 0. The van der Waals surface area contributed by atoms with E-state index >= 15 is 0 Å². The lowest BCUT2D eigenvalue weighted by Crippen LogP contribution is -2.37. The predicted octanol–water partition coefficient (Wildman–Crippen LogP) is 2.85. The lowest BCUT2D eigenvalue weighted by Gasteiger charge is -2.21. The summed E-state index contributed by atoms with van der Waals surface area (Å²) in [5, 5.41) is 10.2. The number of hydrogen-bond donors (Lipinski definition) is 2. The monoisotopic (exact) mass is 369 g/mol. The SMILES string of the molecule is CC(NS(=O)(=O)c1ccccc1Br)C(O)c1ccccc1. The molecule has 2 aromatic carbocycles. The fraction of sp³-hybridized carbons (Fsp3) is 0.200. The first-order valence-corrected chi connectivity index (χ1v) is 8.69. The van der Waals surface area contributed by atoms with E-state index in [1.54, 1.807) is 49.4 Å². The van der Waals surface area contributed by atoms with Crippen LogP contribution in [0.5, 0.6) is 0 Å². The molecule has 0 aliphatic heterocycles. The number of sulfonamides is 1. The Morgan fingerprint density at radius 2 is 1.62 bits per heavy atom. The highest BCUT2D eigenvalue weighted by Gasteiger charge is 2.24. The molecule has 0 radical (unpaired) electrons. The average Bonchev–Trinajstić information content (AvgIpc) is 2.47. The van der Waals surface area contributed by atoms with Crippen molar-refractivity contribution >= 4 is 26.0 Å². The summed E-state index contributed by atoms with van der Waals surface area (Å²) < 4.78 is 27.7. The molecule has 2 aromatic rings. The molecule has 0 amide bonds. The summed E-state index contributed by atoms with van der Waals surface area (Å²) in [6.07, 6.45) is -0.913. The van der Waals surface area contributed by atoms with Gasteiger partial charge >= 0.3 is 0 Å². The maximum Gasteiger partial charge on any atom is 0.242 e. The Morgan fingerprint density at radius 3 is 2.24 bits per heavy atom. The third kappa shape index (κ3) is 3.91. The van der Waals surface area contributed by atoms with Crippen LogP contribution in [-0.4, -0.2) is 19.6 Å². The second kappa shape index (κ2) is 6.70. The van der Waals surface area contributed by atoms with Gasteiger partial charge in [0.25, 0.3) is 0 Å². The Labute approximate surface area is 133 Å². The van der Waals surface area contributed by atoms with Gasteiger partial charge in [-0.2, -0.15) is 0 Å². The van der Waals surface area contributed by atoms with Gasteiger partial charge in [-0.05, 0) is 40.5 Å². The average molecular weight is 370 g/mol. The number of halogens is 1. The second-order valence-corrected chi connectivity index (χ2v) is 7.23. The van der Waals surface area contributed by atoms with E-state index < -0.39 is 22.2 Å². The lowest BCUT2D eigenvalue weighted by atomic mass is 10.0. The molecule has 0 heterocycles. The lowest BCUT2D eigenvalue weighted by molar-refractivity contribution is 0.146. The molecule has 21 heavy (non-hydrogen) atoms. The molecule has 2 atom stereocenters. The fourth-order valence-corrected chi connectivity index (χ4v) is 4.23. The molecule has 112 valence electrons. The van der Waals surface area contributed by atoms with Crippen molar-refractivity contribution in [3.05, 3.63) is 64.6 Å². The van der Waals surface area contributed by atoms with E-state index in [0.717, 1.165) is 0 Å². The van der Waals surface area contributed by atoms with Gasteiger partial charge in [-0.25, -0.2) is 13.1 Å². The zero-order chi connectivity index (χ0) is 15.5. The smallest absolute Gasteiger partial charge is 0.242 e. The zero-order valence-electron chi connectivity index (χ0n) is 11.4. The van der Waals surface area contributed by atoms with E-state index in [-0.39, 0.29) is 4.90 Å². The number of benzene rings is 2. The molecule has 2 N–H and O–H groups in total. The van der Waals surface area contributed by atoms with Gasteiger partial charge in [-0.1, -0.05) is 42.5 Å². The van der Waals surface area contributed by atoms with Crippen molar-refractivity contribution in [1.82, 2.24) is 4.72 Å². The zero-order valence-corrected chi connectivity index (χ0v) is 13.8. The van der Waals surface area contributed by atoms with Crippen LogP contribution in [0, 0.1) is 0 Å². The van der Waals surface area contributed by atoms with Gasteiger partial charge in [-0.3, -0.25) is 0 Å². The normalized spacial score (nSPS) is 14.6. The molecule has 2 unspecified atom stereocenters. The maximum absolute atomic E-state index is 12.3. The van der Waals surface area contributed by atoms with Crippen molar-refractivity contribution in [3.63, 3.8) is 0 Å². The van der Waals surface area contributed by atoms with Crippen molar-refractivity contribution in [3.8, 4) is 0 Å². The van der Waals surface area contributed by atoms with Crippen LogP contribution < -0.4 is 4.72 Å². The Bertz CT molecular complexity index is 704. The largest absolute Gasteiger partial charge is 0.387 e. The topological polar surface area (TPSA) is 66.4 Å². The molecular weight excluding hydrogens is 354 g/mol. The highest BCUT2D eigenvalue weighted by molar-refractivity contribution is 9.10. The number of hydrogen-bond acceptors (Lipinski definition) is 3. The van der Waals surface area contributed by atoms with Crippen LogP contribution >= 0.6 is 15.9 Å². The molecular formula is C15H16BrNO3S. The summed E-state index contributed by atoms with van der Waals surface area (Å²) in [6.45, 7) is 1.63. The number of nitrogens with one attached hydrogen (secondary N) is 1. The minimum atomic E-state index is -3.70. The van der Waals surface area contributed by atoms with E-state index in [0.29, 0.717) is 10.0 Å². The molecule has 0 aliphatic carbocycles. The van der Waals surface area contributed by atoms with E-state index in [4.69, 9.17) is 0 Å². The molecule has 0 aliphatic rings. The van der Waals surface area contributed by atoms with Crippen LogP contribution in [0.4, 0.5) is 0 Å². The Kier molecular flexibility index (Phi) is 5.16. The van der Waals surface area contributed by atoms with Crippen LogP contribution in [0.2, 0.25) is 0 Å². The molecule has 0 bridgehead atoms. The molecule has 0 spiro atoms. The molecule has 6 heteroatoms. The molecule has 4 nitrogen and oxygen atoms in total. The minimum absolute atomic E-state index is 0.150. The third-order valence-electron chi connectivity index (χ3n) is 3.08. The fourth-order valence-electron chi connectivity index (χ4n) is 1.97. The first-order valence-electron chi connectivity index (χ1n) is 6.41. The summed E-state index contributed by atoms with van der Waals surface area (Å²) in [6, 6.07) is 14.9. The van der Waals surface area contributed by atoms with Crippen LogP contribution in [0.3, 0.4) is 0 Å². The Morgan fingerprint density at radius 1 is 1.05 bits per heavy atom. The van der Waals surface area contributed by atoms with Crippen LogP contribution in [-0.2, 0) is 10.0 Å². The first kappa shape index (κ1) is 16.2. The van der Waals surface area contributed by atoms with Gasteiger partial charge in [0.15, 0.2) is 0 Å². The summed E-state index contributed by atoms with van der Waals surface area (Å²) in [4.78, 5) is 0.150. The number of aliphatic hydroxyl groups excluding tert-OH is 1. The number of aliphatic hydroxyl groups is 1. The Hall–Kier alpha value is -1.21. The van der Waals surface area contributed by atoms with Crippen molar-refractivity contribution in [2.24, 2.45) is 0 Å². The molecule has 2 rings (SSSR count). The molecule has 0 aromatic heterocycles. The molecule has 0 saturated heterocycles. The van der Waals surface area contributed by atoms with Gasteiger partial charge in [0.1, 0.15) is 0 Å². The highest BCUT2D eigenvalue weighted by Crippen LogP contribution is 2.23. The van der Waals surface area contributed by atoms with E-state index in [2.05, 4.69) is 20.7 Å². The quantitative estimate of drug-likeness (QED) is 0.851. The van der Waals surface area contributed by atoms with Crippen molar-refractivity contribution in [2.45, 2.75) is 24.0 Å². The molecule has 0 fully saturated rings. The highest BCUT2D eigenvalue weighted by atomic mass is 79.9. The van der Waals surface area contributed by atoms with Crippen molar-refractivity contribution in [2.75, 3.05) is 0 Å². The predicted molar refractivity (Wildman–Crippen MR) is 85.3 cm³/mol. The van der Waals surface area contributed by atoms with Crippen molar-refractivity contribution < 1.29 is 13.5 Å². The summed E-state index contributed by atoms with van der Waals surface area (Å²) in [5.41, 5.74) is 0.667. The second-order valence-electron chi connectivity index (χ2n) is 4.70. The maximum atomic E-state index is 12.3. The van der Waals surface area contributed by atoms with Crippen LogP contribution in [0.25, 0.3) is 0 Å². The number of rotatable bonds is 5. The standard InChI is InChI=1S/C15H16BrNO3S/c1-11(15(18)12-7-3-2-4-8-12)17-21(19,20)14-10-6-5-9-13(14)16/h2-11,15,17-18H,1H3. The minimum Gasteiger partial charge on any atom is -0.387 e. The van der Waals surface area contributed by atoms with Gasteiger partial charge in [0.05, 0.1) is 11.0 Å². The van der Waals surface area contributed by atoms with Crippen LogP contribution in [0.1, 0.15) is 18.6 Å². The van der Waals surface area contributed by atoms with E-state index in [9.17, 15) is 13.5 Å². The van der Waals surface area contributed by atoms with Gasteiger partial charge in [-0.15, -0.1) is 0 Å².